The molecular weight excluding hydrogens is 216 g/mol. The van der Waals surface area contributed by atoms with Crippen LogP contribution in [0, 0.1) is 17.3 Å². The Balaban J connectivity index is 1.85. The van der Waals surface area contributed by atoms with E-state index in [1.807, 2.05) is 0 Å². The topological polar surface area (TPSA) is 9.23 Å². The predicted octanol–water partition coefficient (Wildman–Crippen LogP) is 2.83. The quantitative estimate of drug-likeness (QED) is 0.681. The van der Waals surface area contributed by atoms with Crippen LogP contribution in [-0.4, -0.2) is 18.5 Å². The van der Waals surface area contributed by atoms with E-state index in [-0.39, 0.29) is 0 Å². The highest BCUT2D eigenvalue weighted by Gasteiger charge is 2.50. The van der Waals surface area contributed by atoms with Crippen LogP contribution in [0.3, 0.4) is 0 Å². The lowest BCUT2D eigenvalue weighted by molar-refractivity contribution is 0.179. The molecule has 2 heteroatoms. The number of ether oxygens (including phenoxy) is 1. The first kappa shape index (κ1) is 9.01. The average Bonchev–Trinajstić information content (AvgIpc) is 2.51. The van der Waals surface area contributed by atoms with Crippen molar-refractivity contribution in [1.82, 2.24) is 0 Å². The third-order valence-corrected chi connectivity index (χ3v) is 4.70. The Bertz CT molecular complexity index is 161. The zero-order valence-corrected chi connectivity index (χ0v) is 9.27. The second kappa shape index (κ2) is 3.30. The highest BCUT2D eigenvalue weighted by Crippen LogP contribution is 2.57. The molecule has 0 aromatic carbocycles. The van der Waals surface area contributed by atoms with Crippen molar-refractivity contribution in [2.75, 3.05) is 18.5 Å². The Kier molecular flexibility index (Phi) is 2.48. The number of halogens is 1. The molecule has 1 saturated heterocycles. The first-order valence-electron chi connectivity index (χ1n) is 4.90. The van der Waals surface area contributed by atoms with Crippen molar-refractivity contribution in [2.24, 2.45) is 17.3 Å². The first-order valence-corrected chi connectivity index (χ1v) is 6.03. The number of alkyl halides is 1. The molecule has 0 aromatic rings. The van der Waals surface area contributed by atoms with Crippen molar-refractivity contribution in [3.05, 3.63) is 0 Å². The Morgan fingerprint density at radius 1 is 1.58 bits per heavy atom. The van der Waals surface area contributed by atoms with Crippen molar-refractivity contribution in [3.63, 3.8) is 0 Å². The Morgan fingerprint density at radius 2 is 2.33 bits per heavy atom. The molecule has 2 aliphatic rings. The van der Waals surface area contributed by atoms with E-state index in [2.05, 4.69) is 22.9 Å². The molecule has 0 spiro atoms. The summed E-state index contributed by atoms with van der Waals surface area (Å²) in [6.07, 6.45) is 4.11. The standard InChI is InChI=1S/C10H17BrO/c1-8-4-10(8,7-11)5-9-2-3-12-6-9/h8-9H,2-7H2,1H3. The molecule has 12 heavy (non-hydrogen) atoms. The molecule has 0 N–H and O–H groups in total. The monoisotopic (exact) mass is 232 g/mol. The maximum atomic E-state index is 5.40. The van der Waals surface area contributed by atoms with Crippen LogP contribution in [0.5, 0.6) is 0 Å². The minimum absolute atomic E-state index is 0.651. The summed E-state index contributed by atoms with van der Waals surface area (Å²) in [6.45, 7) is 4.38. The molecule has 1 heterocycles. The average molecular weight is 233 g/mol. The molecule has 0 radical (unpaired) electrons. The lowest BCUT2D eigenvalue weighted by Crippen LogP contribution is -2.12. The number of hydrogen-bond acceptors (Lipinski definition) is 1. The highest BCUT2D eigenvalue weighted by molar-refractivity contribution is 9.09. The van der Waals surface area contributed by atoms with Crippen molar-refractivity contribution in [1.29, 1.82) is 0 Å². The number of hydrogen-bond donors (Lipinski definition) is 0. The van der Waals surface area contributed by atoms with E-state index < -0.39 is 0 Å². The van der Waals surface area contributed by atoms with Gasteiger partial charge in [0.15, 0.2) is 0 Å². The van der Waals surface area contributed by atoms with Crippen LogP contribution in [0.2, 0.25) is 0 Å². The van der Waals surface area contributed by atoms with Gasteiger partial charge in [-0.3, -0.25) is 0 Å². The van der Waals surface area contributed by atoms with Gasteiger partial charge in [-0.25, -0.2) is 0 Å². The second-order valence-electron chi connectivity index (χ2n) is 4.53. The van der Waals surface area contributed by atoms with Gasteiger partial charge in [0.1, 0.15) is 0 Å². The van der Waals surface area contributed by atoms with E-state index in [0.29, 0.717) is 5.41 Å². The summed E-state index contributed by atoms with van der Waals surface area (Å²) in [5, 5.41) is 1.19. The molecule has 2 rings (SSSR count). The van der Waals surface area contributed by atoms with Crippen LogP contribution in [0.1, 0.15) is 26.2 Å². The van der Waals surface area contributed by atoms with Crippen LogP contribution in [0.4, 0.5) is 0 Å². The molecular formula is C10H17BrO. The van der Waals surface area contributed by atoms with Crippen LogP contribution < -0.4 is 0 Å². The summed E-state index contributed by atoms with van der Waals surface area (Å²) >= 11 is 3.64. The molecule has 1 saturated carbocycles. The van der Waals surface area contributed by atoms with Crippen LogP contribution in [0.15, 0.2) is 0 Å². The van der Waals surface area contributed by atoms with Crippen LogP contribution >= 0.6 is 15.9 Å². The molecule has 1 nitrogen and oxygen atoms in total. The molecule has 0 amide bonds. The highest BCUT2D eigenvalue weighted by atomic mass is 79.9. The summed E-state index contributed by atoms with van der Waals surface area (Å²) < 4.78 is 5.40. The van der Waals surface area contributed by atoms with Gasteiger partial charge in [-0.1, -0.05) is 22.9 Å². The Labute approximate surface area is 83.0 Å². The van der Waals surface area contributed by atoms with Crippen molar-refractivity contribution in [3.8, 4) is 0 Å². The minimum Gasteiger partial charge on any atom is -0.381 e. The molecule has 0 aromatic heterocycles. The Hall–Kier alpha value is 0.440. The van der Waals surface area contributed by atoms with E-state index in [1.165, 1.54) is 24.6 Å². The van der Waals surface area contributed by atoms with E-state index >= 15 is 0 Å². The van der Waals surface area contributed by atoms with Crippen molar-refractivity contribution >= 4 is 15.9 Å². The fraction of sp³-hybridized carbons (Fsp3) is 1.00. The molecule has 1 aliphatic carbocycles. The fourth-order valence-corrected chi connectivity index (χ4v) is 3.41. The zero-order chi connectivity index (χ0) is 8.60. The minimum atomic E-state index is 0.651. The third kappa shape index (κ3) is 1.56. The second-order valence-corrected chi connectivity index (χ2v) is 5.10. The maximum Gasteiger partial charge on any atom is 0.0495 e. The van der Waals surface area contributed by atoms with Crippen molar-refractivity contribution in [2.45, 2.75) is 26.2 Å². The molecule has 3 atom stereocenters. The Morgan fingerprint density at radius 3 is 2.75 bits per heavy atom. The summed E-state index contributed by atoms with van der Waals surface area (Å²) in [5.41, 5.74) is 0.651. The molecule has 1 aliphatic heterocycles. The van der Waals surface area contributed by atoms with Gasteiger partial charge in [0.2, 0.25) is 0 Å². The SMILES string of the molecule is CC1CC1(CBr)CC1CCOC1. The first-order chi connectivity index (χ1) is 5.77. The van der Waals surface area contributed by atoms with E-state index in [1.54, 1.807) is 0 Å². The van der Waals surface area contributed by atoms with E-state index in [0.717, 1.165) is 25.0 Å². The molecule has 3 unspecified atom stereocenters. The van der Waals surface area contributed by atoms with Gasteiger partial charge in [0.05, 0.1) is 0 Å². The van der Waals surface area contributed by atoms with Gasteiger partial charge in [0.25, 0.3) is 0 Å². The predicted molar refractivity (Wildman–Crippen MR) is 53.6 cm³/mol. The van der Waals surface area contributed by atoms with Gasteiger partial charge >= 0.3 is 0 Å². The fourth-order valence-electron chi connectivity index (χ4n) is 2.40. The van der Waals surface area contributed by atoms with Crippen LogP contribution in [0.25, 0.3) is 0 Å². The molecule has 0 bridgehead atoms. The smallest absolute Gasteiger partial charge is 0.0495 e. The van der Waals surface area contributed by atoms with Gasteiger partial charge in [-0.15, -0.1) is 0 Å². The zero-order valence-electron chi connectivity index (χ0n) is 7.68. The van der Waals surface area contributed by atoms with E-state index in [9.17, 15) is 0 Å². The van der Waals surface area contributed by atoms with Gasteiger partial charge < -0.3 is 4.74 Å². The normalized spacial score (nSPS) is 46.5. The maximum absolute atomic E-state index is 5.40. The van der Waals surface area contributed by atoms with Crippen molar-refractivity contribution < 1.29 is 4.74 Å². The summed E-state index contributed by atoms with van der Waals surface area (Å²) in [6, 6.07) is 0. The lowest BCUT2D eigenvalue weighted by Gasteiger charge is -2.16. The molecule has 2 fully saturated rings. The van der Waals surface area contributed by atoms with Gasteiger partial charge in [-0.05, 0) is 36.5 Å². The molecule has 70 valence electrons. The summed E-state index contributed by atoms with van der Waals surface area (Å²) in [5.74, 6) is 1.80. The van der Waals surface area contributed by atoms with Gasteiger partial charge in [-0.2, -0.15) is 0 Å². The lowest BCUT2D eigenvalue weighted by atomic mass is 9.91. The summed E-state index contributed by atoms with van der Waals surface area (Å²) in [4.78, 5) is 0. The van der Waals surface area contributed by atoms with E-state index in [4.69, 9.17) is 4.74 Å². The summed E-state index contributed by atoms with van der Waals surface area (Å²) in [7, 11) is 0. The van der Waals surface area contributed by atoms with Gasteiger partial charge in [0, 0.05) is 18.5 Å². The number of rotatable bonds is 3. The largest absolute Gasteiger partial charge is 0.381 e. The third-order valence-electron chi connectivity index (χ3n) is 3.58. The van der Waals surface area contributed by atoms with Crippen LogP contribution in [-0.2, 0) is 4.74 Å².